The number of amides is 3. The van der Waals surface area contributed by atoms with Crippen LogP contribution in [0.1, 0.15) is 36.8 Å². The largest absolute Gasteiger partial charge is 0.481 e. The Kier molecular flexibility index (Phi) is 12.2. The molecule has 0 aliphatic heterocycles. The molecule has 0 bridgehead atoms. The van der Waals surface area contributed by atoms with Crippen LogP contribution >= 0.6 is 0 Å². The van der Waals surface area contributed by atoms with E-state index in [1.165, 1.54) is 0 Å². The zero-order valence-corrected chi connectivity index (χ0v) is 23.6. The second kappa shape index (κ2) is 16.0. The number of aromatic nitrogens is 1. The summed E-state index contributed by atoms with van der Waals surface area (Å²) >= 11 is 0. The number of hydrogen-bond acceptors (Lipinski definition) is 7. The van der Waals surface area contributed by atoms with Crippen molar-refractivity contribution in [2.75, 3.05) is 6.54 Å². The number of rotatable bonds is 17. The quantitative estimate of drug-likeness (QED) is 0.101. The molecule has 0 fully saturated rings. The lowest BCUT2D eigenvalue weighted by molar-refractivity contribution is -0.143. The molecule has 10 N–H and O–H groups in total. The zero-order chi connectivity index (χ0) is 31.4. The molecule has 13 heteroatoms. The molecule has 4 atom stereocenters. The minimum absolute atomic E-state index is 0.0437. The smallest absolute Gasteiger partial charge is 0.326 e. The van der Waals surface area contributed by atoms with E-state index in [0.29, 0.717) is 24.9 Å². The number of H-pyrrole nitrogens is 1. The number of hydrogen-bond donors (Lipinski definition) is 8. The van der Waals surface area contributed by atoms with Crippen molar-refractivity contribution in [2.45, 2.75) is 62.7 Å². The van der Waals surface area contributed by atoms with Gasteiger partial charge in [0, 0.05) is 23.5 Å². The number of para-hydroxylation sites is 1. The predicted molar refractivity (Wildman–Crippen MR) is 159 cm³/mol. The van der Waals surface area contributed by atoms with E-state index in [0.717, 1.165) is 16.5 Å². The molecule has 3 amide bonds. The first-order valence-electron chi connectivity index (χ1n) is 14.0. The summed E-state index contributed by atoms with van der Waals surface area (Å²) in [5.41, 5.74) is 13.8. The SMILES string of the molecule is NCCCCC(NC(=O)C(Cc1c[nH]c2ccccc12)NC(=O)C(CC(=O)O)NC(=O)C(N)Cc1ccccc1)C(=O)O. The standard InChI is InChI=1S/C30H38N6O7/c31-13-7-6-12-23(30(42)43)34-28(40)24(15-19-17-33-22-11-5-4-10-20(19)22)36-29(41)25(16-26(37)38)35-27(39)21(32)14-18-8-2-1-3-9-18/h1-5,8-11,17,21,23-25,33H,6-7,12-16,31-32H2,(H,34,40)(H,35,39)(H,36,41)(H,37,38)(H,42,43). The fourth-order valence-corrected chi connectivity index (χ4v) is 4.65. The van der Waals surface area contributed by atoms with Crippen molar-refractivity contribution in [1.82, 2.24) is 20.9 Å². The number of aromatic amines is 1. The Hall–Kier alpha value is -4.75. The predicted octanol–water partition coefficient (Wildman–Crippen LogP) is 0.423. The Morgan fingerprint density at radius 2 is 1.40 bits per heavy atom. The third-order valence-corrected chi connectivity index (χ3v) is 6.94. The maximum absolute atomic E-state index is 13.4. The summed E-state index contributed by atoms with van der Waals surface area (Å²) in [4.78, 5) is 66.2. The summed E-state index contributed by atoms with van der Waals surface area (Å²) in [7, 11) is 0. The monoisotopic (exact) mass is 594 g/mol. The molecule has 2 aromatic carbocycles. The summed E-state index contributed by atoms with van der Waals surface area (Å²) in [6.45, 7) is 0.366. The summed E-state index contributed by atoms with van der Waals surface area (Å²) in [5.74, 6) is -5.06. The first kappa shape index (κ1) is 32.8. The first-order valence-corrected chi connectivity index (χ1v) is 14.0. The van der Waals surface area contributed by atoms with Crippen LogP contribution in [0.2, 0.25) is 0 Å². The highest BCUT2D eigenvalue weighted by Crippen LogP contribution is 2.19. The molecular weight excluding hydrogens is 556 g/mol. The number of nitrogens with one attached hydrogen (secondary N) is 4. The number of nitrogens with two attached hydrogens (primary N) is 2. The molecule has 43 heavy (non-hydrogen) atoms. The van der Waals surface area contributed by atoms with Gasteiger partial charge in [-0.05, 0) is 49.4 Å². The van der Waals surface area contributed by atoms with Gasteiger partial charge in [-0.15, -0.1) is 0 Å². The second-order valence-corrected chi connectivity index (χ2v) is 10.3. The Labute approximate surface area is 248 Å². The first-order chi connectivity index (χ1) is 20.6. The van der Waals surface area contributed by atoms with Crippen LogP contribution in [0, 0.1) is 0 Å². The van der Waals surface area contributed by atoms with Gasteiger partial charge in [0.2, 0.25) is 17.7 Å². The molecule has 1 aromatic heterocycles. The molecule has 0 spiro atoms. The van der Waals surface area contributed by atoms with E-state index in [9.17, 15) is 34.2 Å². The number of unbranched alkanes of at least 4 members (excludes halogenated alkanes) is 1. The Balaban J connectivity index is 1.81. The summed E-state index contributed by atoms with van der Waals surface area (Å²) < 4.78 is 0. The number of aliphatic carboxylic acids is 2. The van der Waals surface area contributed by atoms with E-state index in [1.807, 2.05) is 30.3 Å². The lowest BCUT2D eigenvalue weighted by atomic mass is 10.0. The topological polar surface area (TPSA) is 230 Å². The van der Waals surface area contributed by atoms with Crippen LogP contribution in [0.5, 0.6) is 0 Å². The van der Waals surface area contributed by atoms with Crippen LogP contribution in [0.15, 0.2) is 60.8 Å². The molecule has 3 rings (SSSR count). The lowest BCUT2D eigenvalue weighted by Crippen LogP contribution is -2.58. The van der Waals surface area contributed by atoms with Crippen LogP contribution in [-0.4, -0.2) is 75.6 Å². The molecule has 0 saturated heterocycles. The van der Waals surface area contributed by atoms with Gasteiger partial charge in [-0.3, -0.25) is 19.2 Å². The Morgan fingerprint density at radius 1 is 0.767 bits per heavy atom. The van der Waals surface area contributed by atoms with E-state index in [1.54, 1.807) is 30.5 Å². The number of carbonyl (C=O) groups excluding carboxylic acids is 3. The average molecular weight is 595 g/mol. The minimum atomic E-state index is -1.55. The van der Waals surface area contributed by atoms with Gasteiger partial charge in [-0.1, -0.05) is 48.5 Å². The maximum Gasteiger partial charge on any atom is 0.326 e. The van der Waals surface area contributed by atoms with E-state index < -0.39 is 60.2 Å². The number of fused-ring (bicyclic) bond motifs is 1. The number of carboxylic acid groups (broad SMARTS) is 2. The van der Waals surface area contributed by atoms with Crippen LogP contribution in [0.3, 0.4) is 0 Å². The molecular formula is C30H38N6O7. The van der Waals surface area contributed by atoms with Crippen LogP contribution < -0.4 is 27.4 Å². The van der Waals surface area contributed by atoms with Gasteiger partial charge >= 0.3 is 11.9 Å². The second-order valence-electron chi connectivity index (χ2n) is 10.3. The number of carbonyl (C=O) groups is 5. The Morgan fingerprint density at radius 3 is 2.07 bits per heavy atom. The highest BCUT2D eigenvalue weighted by molar-refractivity contribution is 5.96. The molecule has 0 saturated carbocycles. The van der Waals surface area contributed by atoms with Gasteiger partial charge in [-0.2, -0.15) is 0 Å². The Bertz CT molecular complexity index is 1410. The maximum atomic E-state index is 13.4. The number of benzene rings is 2. The van der Waals surface area contributed by atoms with Crippen molar-refractivity contribution in [3.05, 3.63) is 71.9 Å². The minimum Gasteiger partial charge on any atom is -0.481 e. The van der Waals surface area contributed by atoms with Crippen molar-refractivity contribution < 1.29 is 34.2 Å². The van der Waals surface area contributed by atoms with E-state index in [4.69, 9.17) is 11.5 Å². The van der Waals surface area contributed by atoms with Crippen LogP contribution in [-0.2, 0) is 36.8 Å². The average Bonchev–Trinajstić information content (AvgIpc) is 3.38. The van der Waals surface area contributed by atoms with E-state index in [2.05, 4.69) is 20.9 Å². The highest BCUT2D eigenvalue weighted by atomic mass is 16.4. The zero-order valence-electron chi connectivity index (χ0n) is 23.6. The molecule has 13 nitrogen and oxygen atoms in total. The van der Waals surface area contributed by atoms with Gasteiger partial charge < -0.3 is 42.6 Å². The van der Waals surface area contributed by atoms with Gasteiger partial charge in [0.1, 0.15) is 18.1 Å². The molecule has 0 aliphatic rings. The van der Waals surface area contributed by atoms with Crippen LogP contribution in [0.25, 0.3) is 10.9 Å². The number of carboxylic acids is 2. The van der Waals surface area contributed by atoms with Crippen molar-refractivity contribution >= 4 is 40.6 Å². The molecule has 4 unspecified atom stereocenters. The lowest BCUT2D eigenvalue weighted by Gasteiger charge is -2.25. The molecule has 230 valence electrons. The summed E-state index contributed by atoms with van der Waals surface area (Å²) in [6.07, 6.45) is 2.17. The third-order valence-electron chi connectivity index (χ3n) is 6.94. The van der Waals surface area contributed by atoms with Gasteiger partial charge in [-0.25, -0.2) is 4.79 Å². The third kappa shape index (κ3) is 9.94. The van der Waals surface area contributed by atoms with Gasteiger partial charge in [0.25, 0.3) is 0 Å². The van der Waals surface area contributed by atoms with Crippen molar-refractivity contribution in [2.24, 2.45) is 11.5 Å². The normalized spacial score (nSPS) is 13.8. The summed E-state index contributed by atoms with van der Waals surface area (Å²) in [6, 6.07) is 11.1. The van der Waals surface area contributed by atoms with E-state index in [-0.39, 0.29) is 19.3 Å². The van der Waals surface area contributed by atoms with Crippen LogP contribution in [0.4, 0.5) is 0 Å². The van der Waals surface area contributed by atoms with Gasteiger partial charge in [0.05, 0.1) is 12.5 Å². The van der Waals surface area contributed by atoms with E-state index >= 15 is 0 Å². The van der Waals surface area contributed by atoms with Crippen molar-refractivity contribution in [1.29, 1.82) is 0 Å². The van der Waals surface area contributed by atoms with Crippen molar-refractivity contribution in [3.63, 3.8) is 0 Å². The van der Waals surface area contributed by atoms with Gasteiger partial charge in [0.15, 0.2) is 0 Å². The van der Waals surface area contributed by atoms with Crippen molar-refractivity contribution in [3.8, 4) is 0 Å². The fraction of sp³-hybridized carbons (Fsp3) is 0.367. The molecule has 1 heterocycles. The summed E-state index contributed by atoms with van der Waals surface area (Å²) in [5, 5.41) is 27.3. The molecule has 3 aromatic rings. The highest BCUT2D eigenvalue weighted by Gasteiger charge is 2.32. The molecule has 0 aliphatic carbocycles. The molecule has 0 radical (unpaired) electrons. The fourth-order valence-electron chi connectivity index (χ4n) is 4.65.